The van der Waals surface area contributed by atoms with Gasteiger partial charge in [0.2, 0.25) is 5.91 Å². The first-order valence-electron chi connectivity index (χ1n) is 7.18. The number of furan rings is 1. The molecule has 0 atom stereocenters. The molecule has 0 saturated heterocycles. The predicted molar refractivity (Wildman–Crippen MR) is 83.7 cm³/mol. The zero-order valence-electron chi connectivity index (χ0n) is 13.1. The van der Waals surface area contributed by atoms with E-state index in [1.165, 1.54) is 6.26 Å². The van der Waals surface area contributed by atoms with Crippen molar-refractivity contribution in [2.75, 3.05) is 14.2 Å². The Balaban J connectivity index is 1.81. The predicted octanol–water partition coefficient (Wildman–Crippen LogP) is 2.58. The topological polar surface area (TPSA) is 77.8 Å². The van der Waals surface area contributed by atoms with Crippen molar-refractivity contribution in [2.45, 2.75) is 19.4 Å². The number of methoxy groups -OCH3 is 2. The lowest BCUT2D eigenvalue weighted by Gasteiger charge is -2.10. The SMILES string of the molecule is COc1ccc(CNC(=O)CCC(=O)c2ccco2)cc1OC. The minimum Gasteiger partial charge on any atom is -0.493 e. The van der Waals surface area contributed by atoms with Crippen molar-refractivity contribution < 1.29 is 23.5 Å². The molecular weight excluding hydrogens is 298 g/mol. The summed E-state index contributed by atoms with van der Waals surface area (Å²) in [5, 5.41) is 2.77. The molecule has 1 heterocycles. The first-order valence-corrected chi connectivity index (χ1v) is 7.18. The van der Waals surface area contributed by atoms with Crippen molar-refractivity contribution in [2.24, 2.45) is 0 Å². The first-order chi connectivity index (χ1) is 11.1. The lowest BCUT2D eigenvalue weighted by Crippen LogP contribution is -2.23. The Kier molecular flexibility index (Phi) is 5.80. The fourth-order valence-electron chi connectivity index (χ4n) is 2.07. The van der Waals surface area contributed by atoms with Crippen molar-refractivity contribution in [1.82, 2.24) is 5.32 Å². The number of ether oxygens (including phenoxy) is 2. The fourth-order valence-corrected chi connectivity index (χ4v) is 2.07. The zero-order valence-corrected chi connectivity index (χ0v) is 13.1. The van der Waals surface area contributed by atoms with Gasteiger partial charge in [0.25, 0.3) is 0 Å². The molecule has 0 aliphatic carbocycles. The second-order valence-corrected chi connectivity index (χ2v) is 4.87. The molecule has 1 aromatic heterocycles. The van der Waals surface area contributed by atoms with Crippen LogP contribution in [0.5, 0.6) is 11.5 Å². The Hall–Kier alpha value is -2.76. The summed E-state index contributed by atoms with van der Waals surface area (Å²) in [6.45, 7) is 0.355. The molecule has 0 aliphatic heterocycles. The largest absolute Gasteiger partial charge is 0.493 e. The van der Waals surface area contributed by atoms with Crippen LogP contribution in [-0.4, -0.2) is 25.9 Å². The standard InChI is InChI=1S/C17H19NO5/c1-21-15-7-5-12(10-16(15)22-2)11-18-17(20)8-6-13(19)14-4-3-9-23-14/h3-5,7,9-10H,6,8,11H2,1-2H3,(H,18,20). The van der Waals surface area contributed by atoms with Crippen molar-refractivity contribution >= 4 is 11.7 Å². The molecular formula is C17H19NO5. The van der Waals surface area contributed by atoms with Crippen LogP contribution < -0.4 is 14.8 Å². The first kappa shape index (κ1) is 16.6. The summed E-state index contributed by atoms with van der Waals surface area (Å²) >= 11 is 0. The van der Waals surface area contributed by atoms with Gasteiger partial charge in [-0.05, 0) is 29.8 Å². The smallest absolute Gasteiger partial charge is 0.220 e. The number of hydrogen-bond acceptors (Lipinski definition) is 5. The molecule has 2 aromatic rings. The normalized spacial score (nSPS) is 10.2. The highest BCUT2D eigenvalue weighted by molar-refractivity contribution is 5.95. The molecule has 0 aliphatic rings. The van der Waals surface area contributed by atoms with Gasteiger partial charge in [-0.1, -0.05) is 6.07 Å². The second-order valence-electron chi connectivity index (χ2n) is 4.87. The van der Waals surface area contributed by atoms with E-state index in [0.29, 0.717) is 18.0 Å². The van der Waals surface area contributed by atoms with Crippen molar-refractivity contribution in [1.29, 1.82) is 0 Å². The quantitative estimate of drug-likeness (QED) is 0.757. The highest BCUT2D eigenvalue weighted by Crippen LogP contribution is 2.27. The maximum atomic E-state index is 11.8. The number of carbonyl (C=O) groups excluding carboxylic acids is 2. The summed E-state index contributed by atoms with van der Waals surface area (Å²) in [6.07, 6.45) is 1.67. The summed E-state index contributed by atoms with van der Waals surface area (Å²) in [6, 6.07) is 8.65. The molecule has 2 rings (SSSR count). The zero-order chi connectivity index (χ0) is 16.7. The maximum absolute atomic E-state index is 11.8. The fraction of sp³-hybridized carbons (Fsp3) is 0.294. The maximum Gasteiger partial charge on any atom is 0.220 e. The van der Waals surface area contributed by atoms with Crippen LogP contribution in [0.4, 0.5) is 0 Å². The van der Waals surface area contributed by atoms with Gasteiger partial charge in [-0.15, -0.1) is 0 Å². The molecule has 0 bridgehead atoms. The lowest BCUT2D eigenvalue weighted by atomic mass is 10.1. The van der Waals surface area contributed by atoms with Crippen molar-refractivity contribution in [3.05, 3.63) is 47.9 Å². The number of nitrogens with one attached hydrogen (secondary N) is 1. The van der Waals surface area contributed by atoms with E-state index in [2.05, 4.69) is 5.32 Å². The minimum absolute atomic E-state index is 0.116. The van der Waals surface area contributed by atoms with Crippen LogP contribution in [0.25, 0.3) is 0 Å². The highest BCUT2D eigenvalue weighted by atomic mass is 16.5. The molecule has 1 N–H and O–H groups in total. The van der Waals surface area contributed by atoms with E-state index in [9.17, 15) is 9.59 Å². The van der Waals surface area contributed by atoms with Gasteiger partial charge in [-0.2, -0.15) is 0 Å². The molecule has 6 heteroatoms. The summed E-state index contributed by atoms with van der Waals surface area (Å²) < 4.78 is 15.4. The van der Waals surface area contributed by atoms with E-state index in [4.69, 9.17) is 13.9 Å². The molecule has 6 nitrogen and oxygen atoms in total. The van der Waals surface area contributed by atoms with Crippen LogP contribution in [0, 0.1) is 0 Å². The molecule has 1 amide bonds. The van der Waals surface area contributed by atoms with Crippen LogP contribution in [-0.2, 0) is 11.3 Å². The summed E-state index contributed by atoms with van der Waals surface area (Å²) in [7, 11) is 3.12. The van der Waals surface area contributed by atoms with Gasteiger partial charge in [0, 0.05) is 19.4 Å². The van der Waals surface area contributed by atoms with E-state index in [1.807, 2.05) is 6.07 Å². The van der Waals surface area contributed by atoms with Gasteiger partial charge in [-0.3, -0.25) is 9.59 Å². The number of ketones is 1. The van der Waals surface area contributed by atoms with Crippen molar-refractivity contribution in [3.8, 4) is 11.5 Å². The Morgan fingerprint density at radius 2 is 1.87 bits per heavy atom. The summed E-state index contributed by atoms with van der Waals surface area (Å²) in [5.41, 5.74) is 0.883. The van der Waals surface area contributed by atoms with Crippen LogP contribution >= 0.6 is 0 Å². The van der Waals surface area contributed by atoms with Crippen LogP contribution in [0.1, 0.15) is 29.0 Å². The molecule has 122 valence electrons. The second kappa shape index (κ2) is 8.03. The van der Waals surface area contributed by atoms with Crippen LogP contribution in [0.3, 0.4) is 0 Å². The number of amides is 1. The summed E-state index contributed by atoms with van der Waals surface area (Å²) in [4.78, 5) is 23.6. The third-order valence-electron chi connectivity index (χ3n) is 3.31. The molecule has 0 unspecified atom stereocenters. The number of Topliss-reactive ketones (excluding diaryl/α,β-unsaturated/α-hetero) is 1. The highest BCUT2D eigenvalue weighted by Gasteiger charge is 2.11. The molecule has 0 radical (unpaired) electrons. The van der Waals surface area contributed by atoms with Crippen molar-refractivity contribution in [3.63, 3.8) is 0 Å². The van der Waals surface area contributed by atoms with Crippen LogP contribution in [0.2, 0.25) is 0 Å². The third-order valence-corrected chi connectivity index (χ3v) is 3.31. The third kappa shape index (κ3) is 4.60. The number of rotatable bonds is 8. The molecule has 1 aromatic carbocycles. The average molecular weight is 317 g/mol. The molecule has 0 saturated carbocycles. The minimum atomic E-state index is -0.195. The average Bonchev–Trinajstić information content (AvgIpc) is 3.12. The number of benzene rings is 1. The van der Waals surface area contributed by atoms with Gasteiger partial charge in [0.1, 0.15) is 0 Å². The molecule has 23 heavy (non-hydrogen) atoms. The molecule has 0 fully saturated rings. The van der Waals surface area contributed by atoms with E-state index in [0.717, 1.165) is 5.56 Å². The lowest BCUT2D eigenvalue weighted by molar-refractivity contribution is -0.121. The number of carbonyl (C=O) groups is 2. The number of hydrogen-bond donors (Lipinski definition) is 1. The van der Waals surface area contributed by atoms with E-state index < -0.39 is 0 Å². The van der Waals surface area contributed by atoms with Gasteiger partial charge < -0.3 is 19.2 Å². The van der Waals surface area contributed by atoms with Gasteiger partial charge >= 0.3 is 0 Å². The Bertz CT molecular complexity index is 664. The molecule has 0 spiro atoms. The van der Waals surface area contributed by atoms with Crippen LogP contribution in [0.15, 0.2) is 41.0 Å². The van der Waals surface area contributed by atoms with E-state index >= 15 is 0 Å². The summed E-state index contributed by atoms with van der Waals surface area (Å²) in [5.74, 6) is 1.13. The van der Waals surface area contributed by atoms with Gasteiger partial charge in [-0.25, -0.2) is 0 Å². The van der Waals surface area contributed by atoms with E-state index in [1.54, 1.807) is 38.5 Å². The Morgan fingerprint density at radius 3 is 2.52 bits per heavy atom. The Labute approximate surface area is 134 Å². The Morgan fingerprint density at radius 1 is 1.09 bits per heavy atom. The van der Waals surface area contributed by atoms with Gasteiger partial charge in [0.05, 0.1) is 20.5 Å². The monoisotopic (exact) mass is 317 g/mol. The van der Waals surface area contributed by atoms with Gasteiger partial charge in [0.15, 0.2) is 23.0 Å². The van der Waals surface area contributed by atoms with E-state index in [-0.39, 0.29) is 30.3 Å².